The lowest BCUT2D eigenvalue weighted by molar-refractivity contribution is 0.0941. The largest absolute Gasteiger partial charge is 0.347 e. The summed E-state index contributed by atoms with van der Waals surface area (Å²) in [5.41, 5.74) is 0.740. The maximum absolute atomic E-state index is 12.1. The molecule has 0 spiro atoms. The molecule has 1 amide bonds. The van der Waals surface area contributed by atoms with Crippen LogP contribution in [0.4, 0.5) is 0 Å². The van der Waals surface area contributed by atoms with Crippen LogP contribution in [0.25, 0.3) is 0 Å². The van der Waals surface area contributed by atoms with Crippen molar-refractivity contribution in [3.63, 3.8) is 0 Å². The van der Waals surface area contributed by atoms with Crippen LogP contribution in [0.3, 0.4) is 0 Å². The molecule has 0 aliphatic carbocycles. The summed E-state index contributed by atoms with van der Waals surface area (Å²) in [6, 6.07) is -0.172. The molecule has 96 valence electrons. The predicted molar refractivity (Wildman–Crippen MR) is 68.5 cm³/mol. The first-order chi connectivity index (χ1) is 8.59. The van der Waals surface area contributed by atoms with Gasteiger partial charge in [0.25, 0.3) is 5.91 Å². The number of nitrogens with one attached hydrogen (secondary N) is 2. The molecule has 1 atom stereocenters. The summed E-state index contributed by atoms with van der Waals surface area (Å²) in [7, 11) is 0. The highest BCUT2D eigenvalue weighted by Crippen LogP contribution is 2.20. The van der Waals surface area contributed by atoms with Crippen LogP contribution in [0.15, 0.2) is 12.4 Å². The average Bonchev–Trinajstić information content (AvgIpc) is 3.00. The van der Waals surface area contributed by atoms with Gasteiger partial charge >= 0.3 is 0 Å². The van der Waals surface area contributed by atoms with Crippen LogP contribution in [0.2, 0.25) is 0 Å². The van der Waals surface area contributed by atoms with Crippen molar-refractivity contribution in [2.45, 2.75) is 32.7 Å². The first-order valence-corrected chi connectivity index (χ1v) is 6.49. The molecule has 7 heteroatoms. The first kappa shape index (κ1) is 12.7. The maximum Gasteiger partial charge on any atom is 0.265 e. The Bertz CT molecular complexity index is 519. The maximum atomic E-state index is 12.1. The predicted octanol–water partition coefficient (Wildman–Crippen LogP) is 1.88. The fraction of sp³-hybridized carbons (Fsp3) is 0.455. The van der Waals surface area contributed by atoms with E-state index in [0.717, 1.165) is 23.1 Å². The minimum Gasteiger partial charge on any atom is -0.347 e. The smallest absolute Gasteiger partial charge is 0.265 e. The molecule has 0 saturated heterocycles. The van der Waals surface area contributed by atoms with Gasteiger partial charge in [-0.05, 0) is 24.4 Å². The summed E-state index contributed by atoms with van der Waals surface area (Å²) in [6.07, 6.45) is 3.39. The summed E-state index contributed by atoms with van der Waals surface area (Å²) >= 11 is 1.12. The zero-order chi connectivity index (χ0) is 13.1. The van der Waals surface area contributed by atoms with Gasteiger partial charge in [0.05, 0.1) is 11.7 Å². The normalized spacial score (nSPS) is 12.7. The second kappa shape index (κ2) is 5.26. The molecule has 6 nitrogen and oxygen atoms in total. The molecule has 0 fully saturated rings. The van der Waals surface area contributed by atoms with E-state index < -0.39 is 0 Å². The van der Waals surface area contributed by atoms with E-state index in [2.05, 4.69) is 24.9 Å². The van der Waals surface area contributed by atoms with Crippen molar-refractivity contribution < 1.29 is 4.79 Å². The van der Waals surface area contributed by atoms with E-state index in [0.29, 0.717) is 4.88 Å². The van der Waals surface area contributed by atoms with Crippen LogP contribution >= 0.6 is 11.5 Å². The lowest BCUT2D eigenvalue weighted by atomic mass is 10.1. The Kier molecular flexibility index (Phi) is 3.71. The monoisotopic (exact) mass is 265 g/mol. The Morgan fingerprint density at radius 3 is 2.83 bits per heavy atom. The van der Waals surface area contributed by atoms with E-state index in [4.69, 9.17) is 0 Å². The van der Waals surface area contributed by atoms with Gasteiger partial charge in [-0.1, -0.05) is 18.3 Å². The highest BCUT2D eigenvalue weighted by molar-refractivity contribution is 7.08. The average molecular weight is 265 g/mol. The first-order valence-electron chi connectivity index (χ1n) is 5.72. The lowest BCUT2D eigenvalue weighted by Gasteiger charge is -2.11. The molecule has 0 aromatic carbocycles. The number of imidazole rings is 1. The van der Waals surface area contributed by atoms with Crippen LogP contribution in [-0.4, -0.2) is 25.5 Å². The third-order valence-corrected chi connectivity index (χ3v) is 3.28. The number of hydrogen-bond acceptors (Lipinski definition) is 5. The number of nitrogens with zero attached hydrogens (tertiary/aromatic N) is 3. The molecule has 0 saturated carbocycles. The molecule has 0 bridgehead atoms. The van der Waals surface area contributed by atoms with Crippen LogP contribution in [0.1, 0.15) is 53.9 Å². The fourth-order valence-electron chi connectivity index (χ4n) is 1.58. The molecule has 1 unspecified atom stereocenters. The van der Waals surface area contributed by atoms with Gasteiger partial charge in [0, 0.05) is 12.4 Å². The highest BCUT2D eigenvalue weighted by atomic mass is 32.1. The molecule has 0 aliphatic rings. The van der Waals surface area contributed by atoms with E-state index in [9.17, 15) is 4.79 Å². The standard InChI is InChI=1S/C11H15N5OS/c1-6(2)8-9(18-16-15-8)11(17)14-7(3)10-12-4-5-13-10/h4-7H,1-3H3,(H,12,13)(H,14,17). The van der Waals surface area contributed by atoms with Crippen LogP contribution in [0.5, 0.6) is 0 Å². The number of carbonyl (C=O) groups is 1. The molecule has 18 heavy (non-hydrogen) atoms. The number of rotatable bonds is 4. The molecule has 2 rings (SSSR count). The molecular formula is C11H15N5OS. The van der Waals surface area contributed by atoms with Crippen molar-refractivity contribution in [3.05, 3.63) is 28.8 Å². The summed E-state index contributed by atoms with van der Waals surface area (Å²) in [5.74, 6) is 0.757. The SMILES string of the molecule is CC(C)c1nnsc1C(=O)NC(C)c1ncc[nH]1. The van der Waals surface area contributed by atoms with Crippen LogP contribution in [-0.2, 0) is 0 Å². The van der Waals surface area contributed by atoms with Crippen molar-refractivity contribution >= 4 is 17.4 Å². The van der Waals surface area contributed by atoms with Gasteiger partial charge in [0.2, 0.25) is 0 Å². The molecule has 2 aromatic heterocycles. The Labute approximate surface area is 109 Å². The summed E-state index contributed by atoms with van der Waals surface area (Å²) in [5, 5.41) is 6.87. The van der Waals surface area contributed by atoms with Gasteiger partial charge in [-0.25, -0.2) is 4.98 Å². The molecule has 2 heterocycles. The van der Waals surface area contributed by atoms with Gasteiger partial charge in [0.1, 0.15) is 10.7 Å². The molecule has 2 N–H and O–H groups in total. The summed E-state index contributed by atoms with van der Waals surface area (Å²) in [4.78, 5) is 19.8. The van der Waals surface area contributed by atoms with E-state index in [1.165, 1.54) is 0 Å². The number of amides is 1. The number of aromatic amines is 1. The fourth-order valence-corrected chi connectivity index (χ4v) is 2.30. The van der Waals surface area contributed by atoms with E-state index >= 15 is 0 Å². The number of H-pyrrole nitrogens is 1. The van der Waals surface area contributed by atoms with Crippen LogP contribution in [0, 0.1) is 0 Å². The Morgan fingerprint density at radius 1 is 1.44 bits per heavy atom. The van der Waals surface area contributed by atoms with Crippen molar-refractivity contribution in [1.82, 2.24) is 24.9 Å². The number of hydrogen-bond donors (Lipinski definition) is 2. The number of aromatic nitrogens is 4. The molecule has 0 radical (unpaired) electrons. The Hall–Kier alpha value is -1.76. The van der Waals surface area contributed by atoms with Crippen molar-refractivity contribution in [3.8, 4) is 0 Å². The van der Waals surface area contributed by atoms with E-state index in [1.807, 2.05) is 20.8 Å². The Morgan fingerprint density at radius 2 is 2.22 bits per heavy atom. The highest BCUT2D eigenvalue weighted by Gasteiger charge is 2.20. The van der Waals surface area contributed by atoms with E-state index in [-0.39, 0.29) is 17.9 Å². The molecule has 2 aromatic rings. The van der Waals surface area contributed by atoms with Crippen molar-refractivity contribution in [1.29, 1.82) is 0 Å². The second-order valence-corrected chi connectivity index (χ2v) is 5.07. The quantitative estimate of drug-likeness (QED) is 0.884. The summed E-state index contributed by atoms with van der Waals surface area (Å²) < 4.78 is 3.84. The topological polar surface area (TPSA) is 83.6 Å². The van der Waals surface area contributed by atoms with Gasteiger partial charge in [-0.3, -0.25) is 4.79 Å². The van der Waals surface area contributed by atoms with Gasteiger partial charge < -0.3 is 10.3 Å². The zero-order valence-corrected chi connectivity index (χ0v) is 11.3. The van der Waals surface area contributed by atoms with Crippen LogP contribution < -0.4 is 5.32 Å². The lowest BCUT2D eigenvalue weighted by Crippen LogP contribution is -2.27. The minimum atomic E-state index is -0.172. The summed E-state index contributed by atoms with van der Waals surface area (Å²) in [6.45, 7) is 5.85. The minimum absolute atomic E-state index is 0.155. The molecular weight excluding hydrogens is 250 g/mol. The third-order valence-electron chi connectivity index (χ3n) is 2.54. The molecule has 0 aliphatic heterocycles. The second-order valence-electron chi connectivity index (χ2n) is 4.31. The Balaban J connectivity index is 2.10. The van der Waals surface area contributed by atoms with Crippen molar-refractivity contribution in [2.75, 3.05) is 0 Å². The zero-order valence-electron chi connectivity index (χ0n) is 10.5. The number of carbonyl (C=O) groups excluding carboxylic acids is 1. The van der Waals surface area contributed by atoms with Crippen molar-refractivity contribution in [2.24, 2.45) is 0 Å². The van der Waals surface area contributed by atoms with Gasteiger partial charge in [-0.15, -0.1) is 5.10 Å². The van der Waals surface area contributed by atoms with Gasteiger partial charge in [-0.2, -0.15) is 0 Å². The third kappa shape index (κ3) is 2.56. The van der Waals surface area contributed by atoms with E-state index in [1.54, 1.807) is 12.4 Å². The van der Waals surface area contributed by atoms with Gasteiger partial charge in [0.15, 0.2) is 0 Å².